The van der Waals surface area contributed by atoms with Gasteiger partial charge in [-0.05, 0) is 76.2 Å². The highest BCUT2D eigenvalue weighted by Crippen LogP contribution is 2.38. The molecular formula is C30H42N2O4. The van der Waals surface area contributed by atoms with Crippen molar-refractivity contribution in [2.45, 2.75) is 58.3 Å². The summed E-state index contributed by atoms with van der Waals surface area (Å²) in [6.45, 7) is 7.73. The molecule has 1 aliphatic heterocycles. The van der Waals surface area contributed by atoms with Gasteiger partial charge in [-0.25, -0.2) is 4.79 Å². The Morgan fingerprint density at radius 2 is 1.44 bits per heavy atom. The van der Waals surface area contributed by atoms with Crippen LogP contribution in [-0.4, -0.2) is 61.3 Å². The summed E-state index contributed by atoms with van der Waals surface area (Å²) in [4.78, 5) is 24.6. The third-order valence-corrected chi connectivity index (χ3v) is 7.16. The number of likely N-dealkylation sites (tertiary alicyclic amines) is 1. The van der Waals surface area contributed by atoms with E-state index in [2.05, 4.69) is 72.6 Å². The van der Waals surface area contributed by atoms with Crippen molar-refractivity contribution in [1.29, 1.82) is 0 Å². The second kappa shape index (κ2) is 14.8. The maximum atomic E-state index is 11.6. The van der Waals surface area contributed by atoms with Crippen LogP contribution in [0.1, 0.15) is 66.7 Å². The Morgan fingerprint density at radius 3 is 2.00 bits per heavy atom. The van der Waals surface area contributed by atoms with Crippen LogP contribution in [0.15, 0.2) is 48.5 Å². The Labute approximate surface area is 216 Å². The van der Waals surface area contributed by atoms with Crippen molar-refractivity contribution in [1.82, 2.24) is 10.2 Å². The minimum Gasteiger partial charge on any atom is -0.480 e. The fourth-order valence-electron chi connectivity index (χ4n) is 5.12. The molecule has 36 heavy (non-hydrogen) atoms. The van der Waals surface area contributed by atoms with Gasteiger partial charge in [0, 0.05) is 12.5 Å². The van der Waals surface area contributed by atoms with Crippen molar-refractivity contribution in [2.24, 2.45) is 5.92 Å². The van der Waals surface area contributed by atoms with Gasteiger partial charge in [0.25, 0.3) is 0 Å². The lowest BCUT2D eigenvalue weighted by atomic mass is 9.76. The first-order valence-electron chi connectivity index (χ1n) is 13.3. The van der Waals surface area contributed by atoms with Crippen LogP contribution in [0.4, 0.5) is 0 Å². The zero-order chi connectivity index (χ0) is 25.8. The number of nitrogens with one attached hydrogen (secondary N) is 1. The van der Waals surface area contributed by atoms with Gasteiger partial charge in [-0.3, -0.25) is 4.79 Å². The van der Waals surface area contributed by atoms with Crippen LogP contribution in [0.25, 0.3) is 0 Å². The van der Waals surface area contributed by atoms with E-state index in [-0.39, 0.29) is 12.5 Å². The standard InChI is InChI=1S/C30H42N2O4/c1-23-7-11-25(12-8-23)30(26-13-9-24(2)10-14-26)27-15-19-32(20-16-27)18-6-4-3-5-17-31-28(33)21-36-22-29(34)35/h7-14,27,30H,3-6,15-22H2,1-2H3,(H,31,33)(H,34,35). The van der Waals surface area contributed by atoms with E-state index in [1.54, 1.807) is 0 Å². The number of ether oxygens (including phenoxy) is 1. The zero-order valence-corrected chi connectivity index (χ0v) is 21.9. The highest BCUT2D eigenvalue weighted by Gasteiger charge is 2.28. The number of unbranched alkanes of at least 4 members (excludes halogenated alkanes) is 3. The average Bonchev–Trinajstić information content (AvgIpc) is 2.86. The number of rotatable bonds is 14. The van der Waals surface area contributed by atoms with Crippen LogP contribution in [0.3, 0.4) is 0 Å². The molecule has 0 radical (unpaired) electrons. The Balaban J connectivity index is 1.36. The van der Waals surface area contributed by atoms with Crippen molar-refractivity contribution in [2.75, 3.05) is 39.4 Å². The van der Waals surface area contributed by atoms with Crippen molar-refractivity contribution in [3.8, 4) is 0 Å². The van der Waals surface area contributed by atoms with E-state index >= 15 is 0 Å². The molecule has 0 aromatic heterocycles. The summed E-state index contributed by atoms with van der Waals surface area (Å²) < 4.78 is 4.78. The molecule has 196 valence electrons. The summed E-state index contributed by atoms with van der Waals surface area (Å²) in [7, 11) is 0. The quantitative estimate of drug-likeness (QED) is 0.364. The normalized spacial score (nSPS) is 14.8. The predicted molar refractivity (Wildman–Crippen MR) is 143 cm³/mol. The molecule has 0 unspecified atom stereocenters. The lowest BCUT2D eigenvalue weighted by Crippen LogP contribution is -2.36. The predicted octanol–water partition coefficient (Wildman–Crippen LogP) is 4.93. The molecule has 0 spiro atoms. The number of carbonyl (C=O) groups excluding carboxylic acids is 1. The number of aliphatic carboxylic acids is 1. The van der Waals surface area contributed by atoms with E-state index in [9.17, 15) is 9.59 Å². The first-order chi connectivity index (χ1) is 17.4. The molecule has 1 amide bonds. The van der Waals surface area contributed by atoms with Gasteiger partial charge < -0.3 is 20.1 Å². The third kappa shape index (κ3) is 9.40. The van der Waals surface area contributed by atoms with Crippen molar-refractivity contribution in [3.63, 3.8) is 0 Å². The smallest absolute Gasteiger partial charge is 0.329 e. The number of carboxylic acids is 1. The van der Waals surface area contributed by atoms with Gasteiger partial charge in [-0.2, -0.15) is 0 Å². The number of carboxylic acid groups (broad SMARTS) is 1. The Morgan fingerprint density at radius 1 is 0.889 bits per heavy atom. The molecule has 6 nitrogen and oxygen atoms in total. The van der Waals surface area contributed by atoms with Crippen LogP contribution in [0.5, 0.6) is 0 Å². The van der Waals surface area contributed by atoms with E-state index in [1.807, 2.05) is 0 Å². The molecule has 1 saturated heterocycles. The SMILES string of the molecule is Cc1ccc(C(c2ccc(C)cc2)C2CCN(CCCCCCNC(=O)COCC(=O)O)CC2)cc1. The van der Waals surface area contributed by atoms with Crippen molar-refractivity contribution in [3.05, 3.63) is 70.8 Å². The summed E-state index contributed by atoms with van der Waals surface area (Å²) in [5.41, 5.74) is 5.48. The Bertz CT molecular complexity index is 889. The number of aryl methyl sites for hydroxylation is 2. The number of carbonyl (C=O) groups is 2. The minimum absolute atomic E-state index is 0.197. The summed E-state index contributed by atoms with van der Waals surface area (Å²) in [5, 5.41) is 11.3. The molecule has 0 aliphatic carbocycles. The fourth-order valence-corrected chi connectivity index (χ4v) is 5.12. The number of hydrogen-bond donors (Lipinski definition) is 2. The molecule has 0 atom stereocenters. The van der Waals surface area contributed by atoms with Crippen LogP contribution in [0, 0.1) is 19.8 Å². The molecule has 0 saturated carbocycles. The van der Waals surface area contributed by atoms with Gasteiger partial charge in [0.15, 0.2) is 0 Å². The Hall–Kier alpha value is -2.70. The largest absolute Gasteiger partial charge is 0.480 e. The zero-order valence-electron chi connectivity index (χ0n) is 21.9. The monoisotopic (exact) mass is 494 g/mol. The first-order valence-corrected chi connectivity index (χ1v) is 13.3. The molecule has 2 aromatic carbocycles. The number of amides is 1. The van der Waals surface area contributed by atoms with E-state index in [1.165, 1.54) is 41.5 Å². The first kappa shape index (κ1) is 27.9. The molecule has 1 heterocycles. The molecule has 2 aromatic rings. The van der Waals surface area contributed by atoms with Crippen LogP contribution in [-0.2, 0) is 14.3 Å². The number of piperidine rings is 1. The van der Waals surface area contributed by atoms with Crippen molar-refractivity contribution < 1.29 is 19.4 Å². The summed E-state index contributed by atoms with van der Waals surface area (Å²) >= 11 is 0. The summed E-state index contributed by atoms with van der Waals surface area (Å²) in [5.74, 6) is -0.203. The minimum atomic E-state index is -1.07. The highest BCUT2D eigenvalue weighted by molar-refractivity contribution is 5.77. The van der Waals surface area contributed by atoms with Crippen LogP contribution < -0.4 is 5.32 Å². The molecule has 6 heteroatoms. The lowest BCUT2D eigenvalue weighted by molar-refractivity contribution is -0.143. The van der Waals surface area contributed by atoms with Gasteiger partial charge in [-0.15, -0.1) is 0 Å². The average molecular weight is 495 g/mol. The second-order valence-electron chi connectivity index (χ2n) is 10.1. The fraction of sp³-hybridized carbons (Fsp3) is 0.533. The van der Waals surface area contributed by atoms with E-state index in [4.69, 9.17) is 9.84 Å². The molecule has 0 bridgehead atoms. The number of benzene rings is 2. The van der Waals surface area contributed by atoms with Gasteiger partial charge >= 0.3 is 5.97 Å². The molecule has 1 fully saturated rings. The highest BCUT2D eigenvalue weighted by atomic mass is 16.5. The molecule has 1 aliphatic rings. The number of nitrogens with zero attached hydrogens (tertiary/aromatic N) is 1. The second-order valence-corrected chi connectivity index (χ2v) is 10.1. The maximum Gasteiger partial charge on any atom is 0.329 e. The maximum absolute atomic E-state index is 11.6. The van der Waals surface area contributed by atoms with Gasteiger partial charge in [0.2, 0.25) is 5.91 Å². The molecule has 2 N–H and O–H groups in total. The van der Waals surface area contributed by atoms with E-state index in [0.29, 0.717) is 18.4 Å². The lowest BCUT2D eigenvalue weighted by Gasteiger charge is -2.37. The topological polar surface area (TPSA) is 78.9 Å². The Kier molecular flexibility index (Phi) is 11.4. The van der Waals surface area contributed by atoms with Gasteiger partial charge in [0.05, 0.1) is 0 Å². The van der Waals surface area contributed by atoms with E-state index in [0.717, 1.165) is 38.9 Å². The van der Waals surface area contributed by atoms with Gasteiger partial charge in [-0.1, -0.05) is 72.5 Å². The third-order valence-electron chi connectivity index (χ3n) is 7.16. The van der Waals surface area contributed by atoms with Gasteiger partial charge in [0.1, 0.15) is 13.2 Å². The molecule has 3 rings (SSSR count). The van der Waals surface area contributed by atoms with Crippen molar-refractivity contribution >= 4 is 11.9 Å². The van der Waals surface area contributed by atoms with E-state index < -0.39 is 12.6 Å². The van der Waals surface area contributed by atoms with Crippen LogP contribution >= 0.6 is 0 Å². The molecular weight excluding hydrogens is 452 g/mol. The summed E-state index contributed by atoms with van der Waals surface area (Å²) in [6.07, 6.45) is 6.79. The number of hydrogen-bond acceptors (Lipinski definition) is 4. The summed E-state index contributed by atoms with van der Waals surface area (Å²) in [6, 6.07) is 18.2. The van der Waals surface area contributed by atoms with Crippen LogP contribution in [0.2, 0.25) is 0 Å².